The normalized spacial score (nSPS) is 11.8. The highest BCUT2D eigenvalue weighted by atomic mass is 32.2. The molecule has 0 radical (unpaired) electrons. The number of rotatable bonds is 7. The van der Waals surface area contributed by atoms with E-state index < -0.39 is 5.25 Å². The number of nitrogens with zero attached hydrogens (tertiary/aromatic N) is 2. The third kappa shape index (κ3) is 4.36. The van der Waals surface area contributed by atoms with Gasteiger partial charge in [0.2, 0.25) is 5.91 Å². The Balaban J connectivity index is 1.65. The van der Waals surface area contributed by atoms with Gasteiger partial charge >= 0.3 is 0 Å². The van der Waals surface area contributed by atoms with E-state index in [9.17, 15) is 4.79 Å². The highest BCUT2D eigenvalue weighted by Gasteiger charge is 2.19. The van der Waals surface area contributed by atoms with Gasteiger partial charge < -0.3 is 19.2 Å². The largest absolute Gasteiger partial charge is 0.497 e. The smallest absolute Gasteiger partial charge is 0.277 e. The number of ether oxygens (including phenoxy) is 2. The Bertz CT molecular complexity index is 858. The molecule has 0 fully saturated rings. The molecule has 1 amide bonds. The number of thioether (sulfide) groups is 1. The molecule has 0 aliphatic heterocycles. The van der Waals surface area contributed by atoms with Gasteiger partial charge in [-0.1, -0.05) is 17.8 Å². The maximum atomic E-state index is 12.5. The molecule has 0 bridgehead atoms. The van der Waals surface area contributed by atoms with E-state index in [1.165, 1.54) is 23.1 Å². The Morgan fingerprint density at radius 2 is 1.96 bits per heavy atom. The summed E-state index contributed by atoms with van der Waals surface area (Å²) in [6, 6.07) is 8.99. The van der Waals surface area contributed by atoms with Gasteiger partial charge in [0, 0.05) is 23.9 Å². The molecule has 9 heteroatoms. The minimum absolute atomic E-state index is 0.193. The van der Waals surface area contributed by atoms with E-state index in [1.807, 2.05) is 17.5 Å². The van der Waals surface area contributed by atoms with Crippen molar-refractivity contribution in [2.45, 2.75) is 17.4 Å². The average molecular weight is 391 g/mol. The predicted octanol–water partition coefficient (Wildman–Crippen LogP) is 3.93. The van der Waals surface area contributed by atoms with Crippen LogP contribution in [-0.4, -0.2) is 35.6 Å². The van der Waals surface area contributed by atoms with Crippen molar-refractivity contribution in [1.29, 1.82) is 0 Å². The van der Waals surface area contributed by atoms with Gasteiger partial charge in [0.05, 0.1) is 24.3 Å². The molecular weight excluding hydrogens is 374 g/mol. The SMILES string of the molecule is COc1cc(NC(=O)C(C)Sc2nnc(-c3cccs3)o2)cc(OC)c1. The number of anilines is 1. The van der Waals surface area contributed by atoms with E-state index in [0.29, 0.717) is 28.3 Å². The fourth-order valence-corrected chi connectivity index (χ4v) is 3.41. The summed E-state index contributed by atoms with van der Waals surface area (Å²) in [5.41, 5.74) is 0.587. The molecule has 0 saturated heterocycles. The van der Waals surface area contributed by atoms with Crippen molar-refractivity contribution in [3.8, 4) is 22.3 Å². The number of amides is 1. The number of methoxy groups -OCH3 is 2. The number of nitrogens with one attached hydrogen (secondary N) is 1. The second kappa shape index (κ2) is 8.24. The van der Waals surface area contributed by atoms with Crippen LogP contribution in [-0.2, 0) is 4.79 Å². The van der Waals surface area contributed by atoms with Gasteiger partial charge in [-0.2, -0.15) is 0 Å². The molecule has 1 unspecified atom stereocenters. The van der Waals surface area contributed by atoms with Crippen LogP contribution >= 0.6 is 23.1 Å². The summed E-state index contributed by atoms with van der Waals surface area (Å²) in [6.07, 6.45) is 0. The summed E-state index contributed by atoms with van der Waals surface area (Å²) in [4.78, 5) is 13.3. The van der Waals surface area contributed by atoms with Crippen LogP contribution in [0.15, 0.2) is 45.4 Å². The van der Waals surface area contributed by atoms with Crippen molar-refractivity contribution in [3.05, 3.63) is 35.7 Å². The molecule has 1 N–H and O–H groups in total. The molecule has 1 aromatic carbocycles. The minimum Gasteiger partial charge on any atom is -0.497 e. The molecule has 2 aromatic heterocycles. The van der Waals surface area contributed by atoms with Crippen molar-refractivity contribution in [2.24, 2.45) is 0 Å². The third-order valence-corrected chi connectivity index (χ3v) is 5.20. The van der Waals surface area contributed by atoms with Crippen molar-refractivity contribution in [1.82, 2.24) is 10.2 Å². The second-order valence-corrected chi connectivity index (χ2v) is 7.44. The first-order chi connectivity index (χ1) is 12.6. The monoisotopic (exact) mass is 391 g/mol. The van der Waals surface area contributed by atoms with Gasteiger partial charge in [0.25, 0.3) is 11.1 Å². The van der Waals surface area contributed by atoms with E-state index in [-0.39, 0.29) is 5.91 Å². The number of carbonyl (C=O) groups is 1. The molecular formula is C17H17N3O4S2. The first-order valence-corrected chi connectivity index (χ1v) is 9.43. The van der Waals surface area contributed by atoms with Crippen molar-refractivity contribution < 1.29 is 18.7 Å². The van der Waals surface area contributed by atoms with Crippen LogP contribution in [0.5, 0.6) is 11.5 Å². The lowest BCUT2D eigenvalue weighted by Crippen LogP contribution is -2.22. The van der Waals surface area contributed by atoms with Crippen LogP contribution in [0.3, 0.4) is 0 Å². The van der Waals surface area contributed by atoms with E-state index >= 15 is 0 Å². The molecule has 1 atom stereocenters. The lowest BCUT2D eigenvalue weighted by atomic mass is 10.2. The molecule has 136 valence electrons. The zero-order chi connectivity index (χ0) is 18.5. The number of thiophene rings is 1. The van der Waals surface area contributed by atoms with E-state index in [0.717, 1.165) is 4.88 Å². The maximum Gasteiger partial charge on any atom is 0.277 e. The summed E-state index contributed by atoms with van der Waals surface area (Å²) in [5, 5.41) is 12.7. The second-order valence-electron chi connectivity index (χ2n) is 5.20. The van der Waals surface area contributed by atoms with Crippen LogP contribution in [0.4, 0.5) is 5.69 Å². The average Bonchev–Trinajstić information content (AvgIpc) is 3.32. The highest BCUT2D eigenvalue weighted by Crippen LogP contribution is 2.30. The minimum atomic E-state index is -0.427. The molecule has 0 aliphatic carbocycles. The van der Waals surface area contributed by atoms with Crippen LogP contribution in [0, 0.1) is 0 Å². The predicted molar refractivity (Wildman–Crippen MR) is 101 cm³/mol. The van der Waals surface area contributed by atoms with Crippen molar-refractivity contribution >= 4 is 34.7 Å². The summed E-state index contributed by atoms with van der Waals surface area (Å²) >= 11 is 2.71. The van der Waals surface area contributed by atoms with Crippen molar-refractivity contribution in [3.63, 3.8) is 0 Å². The van der Waals surface area contributed by atoms with Gasteiger partial charge in [0.15, 0.2) is 0 Å². The first-order valence-electron chi connectivity index (χ1n) is 7.67. The number of carbonyl (C=O) groups excluding carboxylic acids is 1. The Kier molecular flexibility index (Phi) is 5.79. The summed E-state index contributed by atoms with van der Waals surface area (Å²) in [7, 11) is 3.11. The van der Waals surface area contributed by atoms with Gasteiger partial charge in [-0.15, -0.1) is 21.5 Å². The quantitative estimate of drug-likeness (QED) is 0.611. The molecule has 3 aromatic rings. The Morgan fingerprint density at radius 1 is 1.23 bits per heavy atom. The maximum absolute atomic E-state index is 12.5. The van der Waals surface area contributed by atoms with Gasteiger partial charge in [-0.05, 0) is 18.4 Å². The lowest BCUT2D eigenvalue weighted by molar-refractivity contribution is -0.115. The molecule has 26 heavy (non-hydrogen) atoms. The standard InChI is InChI=1S/C17H17N3O4S2/c1-10(26-17-20-19-16(24-17)14-5-4-6-25-14)15(21)18-11-7-12(22-2)9-13(8-11)23-3/h4-10H,1-3H3,(H,18,21). The highest BCUT2D eigenvalue weighted by molar-refractivity contribution is 8.00. The summed E-state index contributed by atoms with van der Waals surface area (Å²) in [5.74, 6) is 1.45. The number of benzene rings is 1. The number of hydrogen-bond donors (Lipinski definition) is 1. The Labute approximate surface area is 158 Å². The van der Waals surface area contributed by atoms with Crippen molar-refractivity contribution in [2.75, 3.05) is 19.5 Å². The van der Waals surface area contributed by atoms with E-state index in [4.69, 9.17) is 13.9 Å². The lowest BCUT2D eigenvalue weighted by Gasteiger charge is -2.12. The topological polar surface area (TPSA) is 86.5 Å². The van der Waals surface area contributed by atoms with Gasteiger partial charge in [0.1, 0.15) is 11.5 Å². The molecule has 3 rings (SSSR count). The molecule has 0 aliphatic rings. The fraction of sp³-hybridized carbons (Fsp3) is 0.235. The summed E-state index contributed by atoms with van der Waals surface area (Å²) in [6.45, 7) is 1.77. The molecule has 0 saturated carbocycles. The van der Waals surface area contributed by atoms with E-state index in [2.05, 4.69) is 15.5 Å². The van der Waals surface area contributed by atoms with Crippen LogP contribution in [0.2, 0.25) is 0 Å². The third-order valence-electron chi connectivity index (χ3n) is 3.40. The fourth-order valence-electron chi connectivity index (χ4n) is 2.09. The number of aromatic nitrogens is 2. The Hall–Kier alpha value is -2.52. The van der Waals surface area contributed by atoms with Gasteiger partial charge in [-0.3, -0.25) is 4.79 Å². The van der Waals surface area contributed by atoms with Crippen LogP contribution in [0.25, 0.3) is 10.8 Å². The van der Waals surface area contributed by atoms with Gasteiger partial charge in [-0.25, -0.2) is 0 Å². The molecule has 2 heterocycles. The van der Waals surface area contributed by atoms with Crippen LogP contribution < -0.4 is 14.8 Å². The zero-order valence-electron chi connectivity index (χ0n) is 14.4. The Morgan fingerprint density at radius 3 is 2.58 bits per heavy atom. The summed E-state index contributed by atoms with van der Waals surface area (Å²) < 4.78 is 16.0. The zero-order valence-corrected chi connectivity index (χ0v) is 16.0. The van der Waals surface area contributed by atoms with Crippen LogP contribution in [0.1, 0.15) is 6.92 Å². The molecule has 7 nitrogen and oxygen atoms in total. The van der Waals surface area contributed by atoms with E-state index in [1.54, 1.807) is 39.3 Å². The number of hydrogen-bond acceptors (Lipinski definition) is 8. The first kappa shape index (κ1) is 18.3. The molecule has 0 spiro atoms.